The smallest absolute Gasteiger partial charge is 0.0951 e. The summed E-state index contributed by atoms with van der Waals surface area (Å²) in [5, 5.41) is 4.54. The van der Waals surface area contributed by atoms with E-state index in [1.165, 1.54) is 0 Å². The number of nitrogen functional groups attached to an aromatic ring is 1. The Bertz CT molecular complexity index is 526. The fraction of sp³-hybridized carbons (Fsp3) is 0.357. The average Bonchev–Trinajstić information content (AvgIpc) is 2.27. The Kier molecular flexibility index (Phi) is 2.92. The average molecular weight is 229 g/mol. The van der Waals surface area contributed by atoms with Crippen LogP contribution in [0.5, 0.6) is 0 Å². The number of benzene rings is 1. The Morgan fingerprint density at radius 2 is 2.00 bits per heavy atom. The molecule has 2 rings (SSSR count). The summed E-state index contributed by atoms with van der Waals surface area (Å²) in [5.74, 6) is 0. The lowest BCUT2D eigenvalue weighted by Crippen LogP contribution is -2.19. The molecule has 0 aliphatic rings. The molecular formula is C14H19N3. The summed E-state index contributed by atoms with van der Waals surface area (Å²) in [6.07, 6.45) is 1.77. The van der Waals surface area contributed by atoms with E-state index in [2.05, 4.69) is 31.1 Å². The van der Waals surface area contributed by atoms with E-state index in [-0.39, 0.29) is 5.41 Å². The SMILES string of the molecule is CC(C)(C)CNc1ccc(N)c2ncccc12. The summed E-state index contributed by atoms with van der Waals surface area (Å²) in [4.78, 5) is 4.32. The van der Waals surface area contributed by atoms with Gasteiger partial charge in [0.15, 0.2) is 0 Å². The summed E-state index contributed by atoms with van der Waals surface area (Å²) in [5.41, 5.74) is 8.85. The molecule has 1 heterocycles. The van der Waals surface area contributed by atoms with Gasteiger partial charge < -0.3 is 11.1 Å². The maximum atomic E-state index is 5.92. The molecule has 0 radical (unpaired) electrons. The van der Waals surface area contributed by atoms with Gasteiger partial charge in [-0.2, -0.15) is 0 Å². The molecule has 1 aromatic heterocycles. The van der Waals surface area contributed by atoms with Crippen molar-refractivity contribution in [1.82, 2.24) is 4.98 Å². The second kappa shape index (κ2) is 4.24. The van der Waals surface area contributed by atoms with Crippen molar-refractivity contribution in [2.75, 3.05) is 17.6 Å². The molecule has 0 fully saturated rings. The molecule has 0 spiro atoms. The molecule has 0 unspecified atom stereocenters. The van der Waals surface area contributed by atoms with Gasteiger partial charge in [0.05, 0.1) is 11.2 Å². The van der Waals surface area contributed by atoms with Crippen LogP contribution in [0.25, 0.3) is 10.9 Å². The van der Waals surface area contributed by atoms with Crippen molar-refractivity contribution in [3.63, 3.8) is 0 Å². The predicted molar refractivity (Wildman–Crippen MR) is 74.1 cm³/mol. The zero-order valence-electron chi connectivity index (χ0n) is 10.6. The zero-order valence-corrected chi connectivity index (χ0v) is 10.6. The third-order valence-corrected chi connectivity index (χ3v) is 2.61. The van der Waals surface area contributed by atoms with Crippen molar-refractivity contribution in [3.05, 3.63) is 30.5 Å². The molecule has 0 saturated heterocycles. The summed E-state index contributed by atoms with van der Waals surface area (Å²) < 4.78 is 0. The van der Waals surface area contributed by atoms with Gasteiger partial charge >= 0.3 is 0 Å². The van der Waals surface area contributed by atoms with Crippen LogP contribution in [0.4, 0.5) is 11.4 Å². The fourth-order valence-corrected chi connectivity index (χ4v) is 1.71. The van der Waals surface area contributed by atoms with Crippen molar-refractivity contribution in [3.8, 4) is 0 Å². The number of anilines is 2. The van der Waals surface area contributed by atoms with Crippen LogP contribution in [-0.2, 0) is 0 Å². The first-order valence-electron chi connectivity index (χ1n) is 5.84. The third-order valence-electron chi connectivity index (χ3n) is 2.61. The van der Waals surface area contributed by atoms with Gasteiger partial charge in [-0.1, -0.05) is 20.8 Å². The predicted octanol–water partition coefficient (Wildman–Crippen LogP) is 3.28. The minimum absolute atomic E-state index is 0.246. The third kappa shape index (κ3) is 2.67. The van der Waals surface area contributed by atoms with Crippen LogP contribution in [0.2, 0.25) is 0 Å². The molecule has 3 heteroatoms. The molecule has 17 heavy (non-hydrogen) atoms. The molecule has 0 atom stereocenters. The molecule has 0 bridgehead atoms. The second-order valence-corrected chi connectivity index (χ2v) is 5.52. The van der Waals surface area contributed by atoms with Gasteiger partial charge in [-0.05, 0) is 29.7 Å². The Morgan fingerprint density at radius 1 is 1.24 bits per heavy atom. The normalized spacial score (nSPS) is 11.7. The molecule has 1 aromatic carbocycles. The second-order valence-electron chi connectivity index (χ2n) is 5.52. The maximum absolute atomic E-state index is 5.92. The highest BCUT2D eigenvalue weighted by molar-refractivity contribution is 5.98. The molecule has 3 N–H and O–H groups in total. The van der Waals surface area contributed by atoms with Crippen molar-refractivity contribution < 1.29 is 0 Å². The number of nitrogens with zero attached hydrogens (tertiary/aromatic N) is 1. The molecule has 90 valence electrons. The van der Waals surface area contributed by atoms with Crippen LogP contribution < -0.4 is 11.1 Å². The molecule has 0 saturated carbocycles. The van der Waals surface area contributed by atoms with E-state index in [9.17, 15) is 0 Å². The number of nitrogens with one attached hydrogen (secondary N) is 1. The number of rotatable bonds is 2. The fourth-order valence-electron chi connectivity index (χ4n) is 1.71. The van der Waals surface area contributed by atoms with Crippen LogP contribution in [0, 0.1) is 5.41 Å². The minimum atomic E-state index is 0.246. The van der Waals surface area contributed by atoms with Crippen LogP contribution in [-0.4, -0.2) is 11.5 Å². The summed E-state index contributed by atoms with van der Waals surface area (Å²) in [7, 11) is 0. The number of nitrogens with two attached hydrogens (primary N) is 1. The Labute approximate surface area is 102 Å². The van der Waals surface area contributed by atoms with Gasteiger partial charge in [0.1, 0.15) is 0 Å². The zero-order chi connectivity index (χ0) is 12.5. The monoisotopic (exact) mass is 229 g/mol. The largest absolute Gasteiger partial charge is 0.397 e. The molecule has 0 aliphatic carbocycles. The molecule has 0 aliphatic heterocycles. The topological polar surface area (TPSA) is 50.9 Å². The van der Waals surface area contributed by atoms with Crippen LogP contribution in [0.3, 0.4) is 0 Å². The van der Waals surface area contributed by atoms with Gasteiger partial charge in [0.25, 0.3) is 0 Å². The quantitative estimate of drug-likeness (QED) is 0.777. The maximum Gasteiger partial charge on any atom is 0.0951 e. The molecule has 2 aromatic rings. The Hall–Kier alpha value is -1.77. The highest BCUT2D eigenvalue weighted by Crippen LogP contribution is 2.27. The first-order chi connectivity index (χ1) is 7.97. The highest BCUT2D eigenvalue weighted by atomic mass is 14.9. The van der Waals surface area contributed by atoms with Crippen LogP contribution >= 0.6 is 0 Å². The summed E-state index contributed by atoms with van der Waals surface area (Å²) >= 11 is 0. The van der Waals surface area contributed by atoms with Crippen molar-refractivity contribution in [2.24, 2.45) is 5.41 Å². The number of aromatic nitrogens is 1. The lowest BCUT2D eigenvalue weighted by Gasteiger charge is -2.20. The molecular weight excluding hydrogens is 210 g/mol. The summed E-state index contributed by atoms with van der Waals surface area (Å²) in [6.45, 7) is 7.54. The van der Waals surface area contributed by atoms with Crippen molar-refractivity contribution in [1.29, 1.82) is 0 Å². The highest BCUT2D eigenvalue weighted by Gasteiger charge is 2.11. The van der Waals surface area contributed by atoms with Gasteiger partial charge in [0.2, 0.25) is 0 Å². The van der Waals surface area contributed by atoms with Crippen LogP contribution in [0.15, 0.2) is 30.5 Å². The first-order valence-corrected chi connectivity index (χ1v) is 5.84. The van der Waals surface area contributed by atoms with Crippen molar-refractivity contribution in [2.45, 2.75) is 20.8 Å². The van der Waals surface area contributed by atoms with E-state index in [0.29, 0.717) is 0 Å². The van der Waals surface area contributed by atoms with Gasteiger partial charge in [-0.3, -0.25) is 4.98 Å². The van der Waals surface area contributed by atoms with E-state index in [1.807, 2.05) is 24.3 Å². The van der Waals surface area contributed by atoms with E-state index >= 15 is 0 Å². The molecule has 0 amide bonds. The summed E-state index contributed by atoms with van der Waals surface area (Å²) in [6, 6.07) is 7.90. The number of pyridine rings is 1. The van der Waals surface area contributed by atoms with E-state index in [4.69, 9.17) is 5.73 Å². The Morgan fingerprint density at radius 3 is 2.71 bits per heavy atom. The van der Waals surface area contributed by atoms with Gasteiger partial charge in [0, 0.05) is 23.8 Å². The van der Waals surface area contributed by atoms with E-state index < -0.39 is 0 Å². The lowest BCUT2D eigenvalue weighted by atomic mass is 9.96. The van der Waals surface area contributed by atoms with Gasteiger partial charge in [-0.25, -0.2) is 0 Å². The van der Waals surface area contributed by atoms with Crippen molar-refractivity contribution >= 4 is 22.3 Å². The van der Waals surface area contributed by atoms with E-state index in [1.54, 1.807) is 6.20 Å². The first kappa shape index (κ1) is 11.7. The van der Waals surface area contributed by atoms with Crippen LogP contribution in [0.1, 0.15) is 20.8 Å². The number of fused-ring (bicyclic) bond motifs is 1. The number of hydrogen-bond donors (Lipinski definition) is 2. The standard InChI is InChI=1S/C14H19N3/c1-14(2,3)9-17-12-7-6-11(15)13-10(12)5-4-8-16-13/h4-8,17H,9,15H2,1-3H3. The minimum Gasteiger partial charge on any atom is -0.397 e. The number of hydrogen-bond acceptors (Lipinski definition) is 3. The lowest BCUT2D eigenvalue weighted by molar-refractivity contribution is 0.443. The Balaban J connectivity index is 2.38. The van der Waals surface area contributed by atoms with Gasteiger partial charge in [-0.15, -0.1) is 0 Å². The molecule has 3 nitrogen and oxygen atoms in total. The van der Waals surface area contributed by atoms with E-state index in [0.717, 1.165) is 28.8 Å².